The first-order valence-electron chi connectivity index (χ1n) is 11.3. The van der Waals surface area contributed by atoms with Gasteiger partial charge in [-0.05, 0) is 0 Å². The van der Waals surface area contributed by atoms with E-state index in [1.807, 2.05) is 0 Å². The van der Waals surface area contributed by atoms with Gasteiger partial charge >= 0.3 is 159 Å². The number of unbranched alkanes of at least 4 members (excludes halogenated alkanes) is 9. The Morgan fingerprint density at radius 3 is 1.28 bits per heavy atom. The number of hydrogen-bond donors (Lipinski definition) is 0. The summed E-state index contributed by atoms with van der Waals surface area (Å²) in [6, 6.07) is 11.7. The zero-order valence-electron chi connectivity index (χ0n) is 17.5. The van der Waals surface area contributed by atoms with Crippen molar-refractivity contribution in [2.24, 2.45) is 0 Å². The summed E-state index contributed by atoms with van der Waals surface area (Å²) in [5.74, 6) is 0. The standard InChI is InChI=1S/C24H45P/c1-4-7-10-16-21-25(22-17-11-8-5-2,23-18-12-9-6-3)24-19-14-13-15-20-24/h13-15,19-20,25H,4-12,16-18,21-23H2,1-3H3. The Morgan fingerprint density at radius 2 is 0.920 bits per heavy atom. The topological polar surface area (TPSA) is 0 Å². The molecule has 1 rings (SSSR count). The van der Waals surface area contributed by atoms with Crippen molar-refractivity contribution >= 4 is 12.6 Å². The molecule has 1 aromatic rings. The molecular weight excluding hydrogens is 319 g/mol. The van der Waals surface area contributed by atoms with Crippen LogP contribution >= 0.6 is 7.26 Å². The molecule has 0 N–H and O–H groups in total. The van der Waals surface area contributed by atoms with Crippen molar-refractivity contribution in [1.29, 1.82) is 0 Å². The average molecular weight is 365 g/mol. The van der Waals surface area contributed by atoms with Gasteiger partial charge in [-0.2, -0.15) is 0 Å². The van der Waals surface area contributed by atoms with E-state index in [2.05, 4.69) is 51.1 Å². The van der Waals surface area contributed by atoms with Crippen LogP contribution in [-0.4, -0.2) is 18.5 Å². The maximum absolute atomic E-state index is 2.48. The second-order valence-electron chi connectivity index (χ2n) is 8.08. The summed E-state index contributed by atoms with van der Waals surface area (Å²) < 4.78 is 0. The molecule has 0 radical (unpaired) electrons. The SMILES string of the molecule is CCCCCC[PH](CCCCCC)(CCCCCC)c1ccccc1. The summed E-state index contributed by atoms with van der Waals surface area (Å²) in [6.45, 7) is 6.99. The van der Waals surface area contributed by atoms with E-state index in [1.165, 1.54) is 95.5 Å². The molecule has 0 unspecified atom stereocenters. The number of rotatable bonds is 16. The predicted molar refractivity (Wildman–Crippen MR) is 121 cm³/mol. The van der Waals surface area contributed by atoms with E-state index in [0.29, 0.717) is 0 Å². The van der Waals surface area contributed by atoms with E-state index in [1.54, 1.807) is 5.30 Å². The molecule has 0 aromatic heterocycles. The third-order valence-electron chi connectivity index (χ3n) is 5.91. The molecule has 0 saturated heterocycles. The molecule has 0 heterocycles. The van der Waals surface area contributed by atoms with Gasteiger partial charge in [-0.15, -0.1) is 0 Å². The molecule has 0 fully saturated rings. The molecule has 0 amide bonds. The molecule has 0 aliphatic heterocycles. The minimum atomic E-state index is -1.32. The average Bonchev–Trinajstić information content (AvgIpc) is 2.66. The Morgan fingerprint density at radius 1 is 0.520 bits per heavy atom. The first-order valence-corrected chi connectivity index (χ1v) is 14.0. The van der Waals surface area contributed by atoms with Crippen LogP contribution in [0.4, 0.5) is 0 Å². The van der Waals surface area contributed by atoms with Gasteiger partial charge < -0.3 is 0 Å². The minimum absolute atomic E-state index is 1.32. The zero-order chi connectivity index (χ0) is 18.2. The van der Waals surface area contributed by atoms with Gasteiger partial charge in [0.05, 0.1) is 0 Å². The molecule has 0 aliphatic rings. The summed E-state index contributed by atoms with van der Waals surface area (Å²) in [4.78, 5) is 0. The van der Waals surface area contributed by atoms with Crippen molar-refractivity contribution in [2.45, 2.75) is 97.8 Å². The van der Waals surface area contributed by atoms with Crippen molar-refractivity contribution in [3.63, 3.8) is 0 Å². The van der Waals surface area contributed by atoms with Gasteiger partial charge in [0.2, 0.25) is 0 Å². The molecule has 0 aliphatic carbocycles. The number of benzene rings is 1. The van der Waals surface area contributed by atoms with Crippen LogP contribution in [0.1, 0.15) is 97.8 Å². The van der Waals surface area contributed by atoms with Crippen LogP contribution in [0.5, 0.6) is 0 Å². The van der Waals surface area contributed by atoms with Gasteiger partial charge in [0, 0.05) is 0 Å². The molecular formula is C24H45P. The van der Waals surface area contributed by atoms with E-state index in [9.17, 15) is 0 Å². The van der Waals surface area contributed by atoms with Crippen molar-refractivity contribution in [2.75, 3.05) is 18.5 Å². The fourth-order valence-corrected chi connectivity index (χ4v) is 9.57. The van der Waals surface area contributed by atoms with Gasteiger partial charge in [0.15, 0.2) is 0 Å². The van der Waals surface area contributed by atoms with Gasteiger partial charge in [-0.3, -0.25) is 0 Å². The summed E-state index contributed by atoms with van der Waals surface area (Å²) >= 11 is 0. The molecule has 0 bridgehead atoms. The van der Waals surface area contributed by atoms with Crippen LogP contribution in [0.25, 0.3) is 0 Å². The van der Waals surface area contributed by atoms with Crippen molar-refractivity contribution in [3.05, 3.63) is 30.3 Å². The molecule has 146 valence electrons. The van der Waals surface area contributed by atoms with Gasteiger partial charge in [0.1, 0.15) is 0 Å². The van der Waals surface area contributed by atoms with Crippen LogP contribution in [0.15, 0.2) is 30.3 Å². The van der Waals surface area contributed by atoms with Gasteiger partial charge in [0.25, 0.3) is 0 Å². The molecule has 0 saturated carbocycles. The normalized spacial score (nSPS) is 12.4. The molecule has 0 atom stereocenters. The molecule has 1 heteroatoms. The van der Waals surface area contributed by atoms with Crippen molar-refractivity contribution < 1.29 is 0 Å². The summed E-state index contributed by atoms with van der Waals surface area (Å²) in [5.41, 5.74) is 0. The van der Waals surface area contributed by atoms with Crippen molar-refractivity contribution in [3.8, 4) is 0 Å². The second-order valence-corrected chi connectivity index (χ2v) is 12.7. The third-order valence-corrected chi connectivity index (χ3v) is 11.4. The van der Waals surface area contributed by atoms with Crippen LogP contribution in [0.2, 0.25) is 0 Å². The Kier molecular flexibility index (Phi) is 13.4. The fourth-order valence-electron chi connectivity index (χ4n) is 4.27. The quantitative estimate of drug-likeness (QED) is 0.207. The second kappa shape index (κ2) is 14.8. The van der Waals surface area contributed by atoms with E-state index in [-0.39, 0.29) is 0 Å². The van der Waals surface area contributed by atoms with Gasteiger partial charge in [-0.1, -0.05) is 0 Å². The van der Waals surface area contributed by atoms with Crippen LogP contribution in [0, 0.1) is 0 Å². The van der Waals surface area contributed by atoms with E-state index < -0.39 is 7.26 Å². The maximum atomic E-state index is 2.48. The Hall–Kier alpha value is -0.350. The fraction of sp³-hybridized carbons (Fsp3) is 0.750. The van der Waals surface area contributed by atoms with E-state index >= 15 is 0 Å². The van der Waals surface area contributed by atoms with E-state index in [0.717, 1.165) is 0 Å². The summed E-state index contributed by atoms with van der Waals surface area (Å²) in [7, 11) is -1.32. The summed E-state index contributed by atoms with van der Waals surface area (Å²) in [6.07, 6.45) is 21.7. The Labute approximate surface area is 159 Å². The van der Waals surface area contributed by atoms with Crippen LogP contribution in [0.3, 0.4) is 0 Å². The monoisotopic (exact) mass is 364 g/mol. The Balaban J connectivity index is 2.82. The van der Waals surface area contributed by atoms with Crippen LogP contribution in [-0.2, 0) is 0 Å². The molecule has 1 aromatic carbocycles. The molecule has 25 heavy (non-hydrogen) atoms. The third kappa shape index (κ3) is 9.23. The summed E-state index contributed by atoms with van der Waals surface area (Å²) in [5, 5.41) is 1.76. The zero-order valence-corrected chi connectivity index (χ0v) is 18.5. The predicted octanol–water partition coefficient (Wildman–Crippen LogP) is 7.80. The first-order chi connectivity index (χ1) is 12.3. The van der Waals surface area contributed by atoms with Crippen molar-refractivity contribution in [1.82, 2.24) is 0 Å². The van der Waals surface area contributed by atoms with E-state index in [4.69, 9.17) is 0 Å². The van der Waals surface area contributed by atoms with Crippen LogP contribution < -0.4 is 5.30 Å². The molecule has 0 spiro atoms. The first kappa shape index (κ1) is 22.7. The molecule has 0 nitrogen and oxygen atoms in total. The Bertz CT molecular complexity index is 367. The number of hydrogen-bond acceptors (Lipinski definition) is 0. The van der Waals surface area contributed by atoms with Gasteiger partial charge in [-0.25, -0.2) is 0 Å².